The highest BCUT2D eigenvalue weighted by Crippen LogP contribution is 2.27. The highest BCUT2D eigenvalue weighted by Gasteiger charge is 2.22. The molecule has 6 heteroatoms. The Kier molecular flexibility index (Phi) is 4.41. The fourth-order valence-electron chi connectivity index (χ4n) is 2.46. The SMILES string of the molecule is O=C(NCC1Cc2ccccc2O1)c1ccc(OC(F)F)cc1. The molecule has 1 amide bonds. The van der Waals surface area contributed by atoms with Crippen molar-refractivity contribution in [3.8, 4) is 11.5 Å². The topological polar surface area (TPSA) is 47.6 Å². The third kappa shape index (κ3) is 3.77. The quantitative estimate of drug-likeness (QED) is 0.921. The molecule has 0 radical (unpaired) electrons. The Morgan fingerprint density at radius 2 is 1.96 bits per heavy atom. The van der Waals surface area contributed by atoms with Crippen LogP contribution in [0, 0.1) is 0 Å². The molecule has 0 spiro atoms. The minimum atomic E-state index is -2.88. The molecule has 0 aliphatic carbocycles. The molecule has 120 valence electrons. The number of para-hydroxylation sites is 1. The van der Waals surface area contributed by atoms with Crippen molar-refractivity contribution in [2.75, 3.05) is 6.54 Å². The molecular formula is C17H15F2NO3. The van der Waals surface area contributed by atoms with Crippen LogP contribution in [0.4, 0.5) is 8.78 Å². The molecule has 1 atom stereocenters. The van der Waals surface area contributed by atoms with Gasteiger partial charge in [0.1, 0.15) is 17.6 Å². The van der Waals surface area contributed by atoms with Gasteiger partial charge in [0.2, 0.25) is 0 Å². The Bertz CT molecular complexity index is 663. The summed E-state index contributed by atoms with van der Waals surface area (Å²) in [5.74, 6) is 0.583. The number of carbonyl (C=O) groups is 1. The molecule has 2 aromatic carbocycles. The van der Waals surface area contributed by atoms with Crippen LogP contribution in [-0.2, 0) is 6.42 Å². The van der Waals surface area contributed by atoms with E-state index in [9.17, 15) is 13.6 Å². The van der Waals surface area contributed by atoms with Gasteiger partial charge in [0.05, 0.1) is 6.54 Å². The van der Waals surface area contributed by atoms with Crippen molar-refractivity contribution >= 4 is 5.91 Å². The van der Waals surface area contributed by atoms with Gasteiger partial charge in [0.25, 0.3) is 5.91 Å². The van der Waals surface area contributed by atoms with E-state index < -0.39 is 6.61 Å². The van der Waals surface area contributed by atoms with Gasteiger partial charge in [-0.1, -0.05) is 18.2 Å². The average Bonchev–Trinajstić information content (AvgIpc) is 2.95. The lowest BCUT2D eigenvalue weighted by Gasteiger charge is -2.12. The minimum Gasteiger partial charge on any atom is -0.488 e. The number of amides is 1. The first kappa shape index (κ1) is 15.3. The van der Waals surface area contributed by atoms with Crippen LogP contribution in [0.25, 0.3) is 0 Å². The van der Waals surface area contributed by atoms with Crippen molar-refractivity contribution in [2.45, 2.75) is 19.1 Å². The van der Waals surface area contributed by atoms with Crippen molar-refractivity contribution in [3.63, 3.8) is 0 Å². The van der Waals surface area contributed by atoms with E-state index in [4.69, 9.17) is 4.74 Å². The Hall–Kier alpha value is -2.63. The van der Waals surface area contributed by atoms with Crippen LogP contribution in [0.15, 0.2) is 48.5 Å². The van der Waals surface area contributed by atoms with Crippen LogP contribution in [-0.4, -0.2) is 25.2 Å². The molecule has 23 heavy (non-hydrogen) atoms. The zero-order chi connectivity index (χ0) is 16.2. The largest absolute Gasteiger partial charge is 0.488 e. The van der Waals surface area contributed by atoms with Crippen molar-refractivity contribution in [2.24, 2.45) is 0 Å². The van der Waals surface area contributed by atoms with Crippen LogP contribution in [0.1, 0.15) is 15.9 Å². The van der Waals surface area contributed by atoms with Gasteiger partial charge in [-0.05, 0) is 35.9 Å². The second kappa shape index (κ2) is 6.64. The Morgan fingerprint density at radius 3 is 2.65 bits per heavy atom. The third-order valence-electron chi connectivity index (χ3n) is 3.55. The van der Waals surface area contributed by atoms with Crippen molar-refractivity contribution in [1.29, 1.82) is 0 Å². The van der Waals surface area contributed by atoms with Crippen LogP contribution in [0.5, 0.6) is 11.5 Å². The van der Waals surface area contributed by atoms with E-state index in [1.165, 1.54) is 24.3 Å². The molecule has 0 saturated heterocycles. The molecule has 1 heterocycles. The van der Waals surface area contributed by atoms with Crippen LogP contribution in [0.2, 0.25) is 0 Å². The molecule has 2 aromatic rings. The maximum Gasteiger partial charge on any atom is 0.387 e. The molecule has 1 N–H and O–H groups in total. The van der Waals surface area contributed by atoms with Gasteiger partial charge in [-0.2, -0.15) is 8.78 Å². The van der Waals surface area contributed by atoms with Gasteiger partial charge in [0, 0.05) is 12.0 Å². The predicted molar refractivity (Wildman–Crippen MR) is 80.0 cm³/mol. The summed E-state index contributed by atoms with van der Waals surface area (Å²) in [6.07, 6.45) is 0.648. The van der Waals surface area contributed by atoms with Gasteiger partial charge in [-0.3, -0.25) is 4.79 Å². The first-order valence-corrected chi connectivity index (χ1v) is 7.19. The van der Waals surface area contributed by atoms with E-state index in [0.29, 0.717) is 12.1 Å². The molecule has 0 saturated carbocycles. The van der Waals surface area contributed by atoms with Gasteiger partial charge in [-0.25, -0.2) is 0 Å². The second-order valence-electron chi connectivity index (χ2n) is 5.16. The summed E-state index contributed by atoms with van der Waals surface area (Å²) in [6.45, 7) is -2.50. The summed E-state index contributed by atoms with van der Waals surface area (Å²) in [6, 6.07) is 13.3. The lowest BCUT2D eigenvalue weighted by atomic mass is 10.1. The highest BCUT2D eigenvalue weighted by molar-refractivity contribution is 5.94. The monoisotopic (exact) mass is 319 g/mol. The lowest BCUT2D eigenvalue weighted by molar-refractivity contribution is -0.0498. The van der Waals surface area contributed by atoms with Crippen molar-refractivity contribution in [3.05, 3.63) is 59.7 Å². The summed E-state index contributed by atoms with van der Waals surface area (Å²) in [4.78, 5) is 12.1. The standard InChI is InChI=1S/C17H15F2NO3/c18-17(19)23-13-7-5-11(6-8-13)16(21)20-10-14-9-12-3-1-2-4-15(12)22-14/h1-8,14,17H,9-10H2,(H,20,21). The zero-order valence-corrected chi connectivity index (χ0v) is 12.2. The van der Waals surface area contributed by atoms with Crippen molar-refractivity contribution < 1.29 is 23.0 Å². The summed E-state index contributed by atoms with van der Waals surface area (Å²) in [7, 11) is 0. The molecule has 1 aliphatic heterocycles. The molecule has 1 aliphatic rings. The molecular weight excluding hydrogens is 304 g/mol. The van der Waals surface area contributed by atoms with E-state index in [-0.39, 0.29) is 17.8 Å². The molecule has 4 nitrogen and oxygen atoms in total. The molecule has 3 rings (SSSR count). The normalized spacial score (nSPS) is 15.9. The number of carbonyl (C=O) groups excluding carboxylic acids is 1. The number of alkyl halides is 2. The molecule has 0 bridgehead atoms. The lowest BCUT2D eigenvalue weighted by Crippen LogP contribution is -2.34. The number of ether oxygens (including phenoxy) is 2. The Labute approximate surface area is 132 Å². The number of fused-ring (bicyclic) bond motifs is 1. The van der Waals surface area contributed by atoms with E-state index in [1.807, 2.05) is 24.3 Å². The van der Waals surface area contributed by atoms with Gasteiger partial charge in [-0.15, -0.1) is 0 Å². The minimum absolute atomic E-state index is 0.0196. The third-order valence-corrected chi connectivity index (χ3v) is 3.55. The second-order valence-corrected chi connectivity index (χ2v) is 5.16. The Balaban J connectivity index is 1.52. The average molecular weight is 319 g/mol. The Morgan fingerprint density at radius 1 is 1.22 bits per heavy atom. The van der Waals surface area contributed by atoms with Crippen LogP contribution in [0.3, 0.4) is 0 Å². The molecule has 1 unspecified atom stereocenters. The number of halogens is 2. The van der Waals surface area contributed by atoms with E-state index in [2.05, 4.69) is 10.1 Å². The fourth-order valence-corrected chi connectivity index (χ4v) is 2.46. The summed E-state index contributed by atoms with van der Waals surface area (Å²) in [5, 5.41) is 2.78. The maximum absolute atomic E-state index is 12.1. The first-order valence-electron chi connectivity index (χ1n) is 7.19. The number of hydrogen-bond donors (Lipinski definition) is 1. The van der Waals surface area contributed by atoms with E-state index in [0.717, 1.165) is 17.7 Å². The number of nitrogens with one attached hydrogen (secondary N) is 1. The molecule has 0 fully saturated rings. The van der Waals surface area contributed by atoms with E-state index >= 15 is 0 Å². The van der Waals surface area contributed by atoms with Crippen LogP contribution < -0.4 is 14.8 Å². The van der Waals surface area contributed by atoms with Gasteiger partial charge in [0.15, 0.2) is 0 Å². The highest BCUT2D eigenvalue weighted by atomic mass is 19.3. The number of hydrogen-bond acceptors (Lipinski definition) is 3. The predicted octanol–water partition coefficient (Wildman–Crippen LogP) is 3.02. The van der Waals surface area contributed by atoms with Crippen LogP contribution >= 0.6 is 0 Å². The zero-order valence-electron chi connectivity index (χ0n) is 12.2. The van der Waals surface area contributed by atoms with Gasteiger partial charge < -0.3 is 14.8 Å². The van der Waals surface area contributed by atoms with E-state index in [1.54, 1.807) is 0 Å². The van der Waals surface area contributed by atoms with Gasteiger partial charge >= 0.3 is 6.61 Å². The fraction of sp³-hybridized carbons (Fsp3) is 0.235. The smallest absolute Gasteiger partial charge is 0.387 e. The molecule has 0 aromatic heterocycles. The number of benzene rings is 2. The van der Waals surface area contributed by atoms with Crippen molar-refractivity contribution in [1.82, 2.24) is 5.32 Å². The summed E-state index contributed by atoms with van der Waals surface area (Å²) < 4.78 is 34.1. The summed E-state index contributed by atoms with van der Waals surface area (Å²) in [5.41, 5.74) is 1.50. The number of rotatable bonds is 5. The summed E-state index contributed by atoms with van der Waals surface area (Å²) >= 11 is 0. The maximum atomic E-state index is 12.1. The first-order chi connectivity index (χ1) is 11.1.